The van der Waals surface area contributed by atoms with Crippen molar-refractivity contribution in [1.29, 1.82) is 0 Å². The molecule has 1 heterocycles. The summed E-state index contributed by atoms with van der Waals surface area (Å²) in [5.74, 6) is -0.379. The fourth-order valence-electron chi connectivity index (χ4n) is 1.73. The average molecular weight is 277 g/mol. The van der Waals surface area contributed by atoms with E-state index in [2.05, 4.69) is 10.3 Å². The summed E-state index contributed by atoms with van der Waals surface area (Å²) in [5, 5.41) is 12.7. The lowest BCUT2D eigenvalue weighted by Gasteiger charge is -2.16. The first kappa shape index (κ1) is 13.4. The highest BCUT2D eigenvalue weighted by molar-refractivity contribution is 6.31. The van der Waals surface area contributed by atoms with Gasteiger partial charge in [0.2, 0.25) is 0 Å². The Labute approximate surface area is 116 Å². The number of aromatic nitrogens is 1. The molecular weight excluding hydrogens is 264 g/mol. The minimum Gasteiger partial charge on any atom is -0.478 e. The smallest absolute Gasteiger partial charge is 0.337 e. The largest absolute Gasteiger partial charge is 0.478 e. The third kappa shape index (κ3) is 3.23. The van der Waals surface area contributed by atoms with Crippen molar-refractivity contribution in [2.45, 2.75) is 13.0 Å². The summed E-state index contributed by atoms with van der Waals surface area (Å²) in [6.07, 6.45) is 1.32. The van der Waals surface area contributed by atoms with E-state index < -0.39 is 5.97 Å². The van der Waals surface area contributed by atoms with Gasteiger partial charge >= 0.3 is 5.97 Å². The Morgan fingerprint density at radius 3 is 2.63 bits per heavy atom. The van der Waals surface area contributed by atoms with Crippen molar-refractivity contribution in [3.8, 4) is 0 Å². The number of carboxylic acid groups (broad SMARTS) is 1. The molecule has 1 aromatic heterocycles. The number of carboxylic acids is 1. The van der Waals surface area contributed by atoms with Crippen LogP contribution >= 0.6 is 11.6 Å². The SMILES string of the molecule is CC(Nc1ccc(C(=O)O)cn1)c1ccccc1Cl. The van der Waals surface area contributed by atoms with Gasteiger partial charge in [-0.3, -0.25) is 0 Å². The number of pyridine rings is 1. The molecule has 98 valence electrons. The van der Waals surface area contributed by atoms with Gasteiger partial charge in [0.25, 0.3) is 0 Å². The maximum absolute atomic E-state index is 10.7. The molecule has 0 amide bonds. The number of nitrogens with one attached hydrogen (secondary N) is 1. The van der Waals surface area contributed by atoms with Crippen LogP contribution in [0.4, 0.5) is 5.82 Å². The van der Waals surface area contributed by atoms with Crippen molar-refractivity contribution in [3.05, 3.63) is 58.7 Å². The van der Waals surface area contributed by atoms with Gasteiger partial charge in [0.15, 0.2) is 0 Å². The Balaban J connectivity index is 2.13. The maximum atomic E-state index is 10.7. The Bertz CT molecular complexity index is 584. The molecule has 0 spiro atoms. The molecule has 1 atom stereocenters. The van der Waals surface area contributed by atoms with Crippen molar-refractivity contribution < 1.29 is 9.90 Å². The summed E-state index contributed by atoms with van der Waals surface area (Å²) in [5.41, 5.74) is 1.13. The van der Waals surface area contributed by atoms with E-state index in [0.717, 1.165) is 5.56 Å². The molecule has 2 rings (SSSR count). The fourth-order valence-corrected chi connectivity index (χ4v) is 2.03. The fraction of sp³-hybridized carbons (Fsp3) is 0.143. The van der Waals surface area contributed by atoms with Crippen LogP contribution in [0.3, 0.4) is 0 Å². The zero-order valence-corrected chi connectivity index (χ0v) is 11.1. The van der Waals surface area contributed by atoms with Crippen LogP contribution in [-0.2, 0) is 0 Å². The predicted molar refractivity (Wildman–Crippen MR) is 74.7 cm³/mol. The monoisotopic (exact) mass is 276 g/mol. The topological polar surface area (TPSA) is 62.2 Å². The molecule has 1 unspecified atom stereocenters. The molecule has 0 saturated heterocycles. The molecule has 0 bridgehead atoms. The highest BCUT2D eigenvalue weighted by atomic mass is 35.5. The molecule has 0 fully saturated rings. The minimum absolute atomic E-state index is 0.0168. The summed E-state index contributed by atoms with van der Waals surface area (Å²) in [6, 6.07) is 10.7. The second-order valence-corrected chi connectivity index (χ2v) is 4.53. The quantitative estimate of drug-likeness (QED) is 0.895. The molecule has 0 aliphatic carbocycles. The third-order valence-electron chi connectivity index (χ3n) is 2.75. The lowest BCUT2D eigenvalue weighted by atomic mass is 10.1. The zero-order valence-electron chi connectivity index (χ0n) is 10.3. The maximum Gasteiger partial charge on any atom is 0.337 e. The molecule has 19 heavy (non-hydrogen) atoms. The summed E-state index contributed by atoms with van der Waals surface area (Å²) < 4.78 is 0. The van der Waals surface area contributed by atoms with Gasteiger partial charge in [-0.1, -0.05) is 29.8 Å². The molecular formula is C14H13ClN2O2. The number of benzene rings is 1. The summed E-state index contributed by atoms with van der Waals surface area (Å²) >= 11 is 6.11. The van der Waals surface area contributed by atoms with Gasteiger partial charge in [-0.25, -0.2) is 9.78 Å². The van der Waals surface area contributed by atoms with Crippen LogP contribution in [0.25, 0.3) is 0 Å². The standard InChI is InChI=1S/C14H13ClN2O2/c1-9(11-4-2-3-5-12(11)15)17-13-7-6-10(8-16-13)14(18)19/h2-9H,1H3,(H,16,17)(H,18,19). The Kier molecular flexibility index (Phi) is 4.02. The molecule has 1 aromatic carbocycles. The Hall–Kier alpha value is -2.07. The van der Waals surface area contributed by atoms with E-state index in [4.69, 9.17) is 16.7 Å². The van der Waals surface area contributed by atoms with E-state index >= 15 is 0 Å². The number of halogens is 1. The van der Waals surface area contributed by atoms with E-state index in [9.17, 15) is 4.79 Å². The molecule has 4 nitrogen and oxygen atoms in total. The average Bonchev–Trinajstić information content (AvgIpc) is 2.39. The molecule has 0 aliphatic heterocycles. The van der Waals surface area contributed by atoms with Gasteiger partial charge in [0.1, 0.15) is 5.82 Å². The van der Waals surface area contributed by atoms with Gasteiger partial charge in [0, 0.05) is 11.2 Å². The second-order valence-electron chi connectivity index (χ2n) is 4.12. The summed E-state index contributed by atoms with van der Waals surface area (Å²) in [6.45, 7) is 1.97. The van der Waals surface area contributed by atoms with Gasteiger partial charge in [-0.2, -0.15) is 0 Å². The number of anilines is 1. The van der Waals surface area contributed by atoms with Crippen LogP contribution < -0.4 is 5.32 Å². The number of carbonyl (C=O) groups is 1. The lowest BCUT2D eigenvalue weighted by molar-refractivity contribution is 0.0696. The molecule has 0 saturated carbocycles. The number of hydrogen-bond donors (Lipinski definition) is 2. The van der Waals surface area contributed by atoms with Gasteiger partial charge in [-0.15, -0.1) is 0 Å². The van der Waals surface area contributed by atoms with Crippen LogP contribution in [0.5, 0.6) is 0 Å². The van der Waals surface area contributed by atoms with Gasteiger partial charge in [-0.05, 0) is 30.7 Å². The summed E-state index contributed by atoms with van der Waals surface area (Å²) in [4.78, 5) is 14.8. The van der Waals surface area contributed by atoms with Crippen LogP contribution in [0.2, 0.25) is 5.02 Å². The normalized spacial score (nSPS) is 11.9. The van der Waals surface area contributed by atoms with Crippen molar-refractivity contribution in [2.75, 3.05) is 5.32 Å². The first-order valence-electron chi connectivity index (χ1n) is 5.78. The molecule has 0 aliphatic rings. The van der Waals surface area contributed by atoms with E-state index in [1.807, 2.05) is 31.2 Å². The Morgan fingerprint density at radius 2 is 2.05 bits per heavy atom. The van der Waals surface area contributed by atoms with E-state index in [1.54, 1.807) is 6.07 Å². The van der Waals surface area contributed by atoms with Gasteiger partial charge < -0.3 is 10.4 Å². The molecule has 2 N–H and O–H groups in total. The van der Waals surface area contributed by atoms with Gasteiger partial charge in [0.05, 0.1) is 11.6 Å². The van der Waals surface area contributed by atoms with Crippen LogP contribution in [-0.4, -0.2) is 16.1 Å². The molecule has 0 radical (unpaired) electrons. The number of aromatic carboxylic acids is 1. The first-order valence-corrected chi connectivity index (χ1v) is 6.16. The molecule has 2 aromatic rings. The lowest BCUT2D eigenvalue weighted by Crippen LogP contribution is -2.09. The highest BCUT2D eigenvalue weighted by Crippen LogP contribution is 2.24. The van der Waals surface area contributed by atoms with Crippen LogP contribution in [0, 0.1) is 0 Å². The van der Waals surface area contributed by atoms with Crippen LogP contribution in [0.1, 0.15) is 28.9 Å². The molecule has 5 heteroatoms. The van der Waals surface area contributed by atoms with E-state index in [0.29, 0.717) is 10.8 Å². The Morgan fingerprint density at radius 1 is 1.32 bits per heavy atom. The summed E-state index contributed by atoms with van der Waals surface area (Å²) in [7, 11) is 0. The van der Waals surface area contributed by atoms with Crippen molar-refractivity contribution in [1.82, 2.24) is 4.98 Å². The highest BCUT2D eigenvalue weighted by Gasteiger charge is 2.10. The zero-order chi connectivity index (χ0) is 13.8. The van der Waals surface area contributed by atoms with Crippen molar-refractivity contribution in [3.63, 3.8) is 0 Å². The van der Waals surface area contributed by atoms with E-state index in [1.165, 1.54) is 12.3 Å². The minimum atomic E-state index is -0.988. The number of hydrogen-bond acceptors (Lipinski definition) is 3. The second kappa shape index (κ2) is 5.71. The van der Waals surface area contributed by atoms with Crippen LogP contribution in [0.15, 0.2) is 42.6 Å². The van der Waals surface area contributed by atoms with Crippen molar-refractivity contribution >= 4 is 23.4 Å². The number of nitrogens with zero attached hydrogens (tertiary/aromatic N) is 1. The predicted octanol–water partition coefficient (Wildman–Crippen LogP) is 3.61. The number of rotatable bonds is 4. The first-order chi connectivity index (χ1) is 9.08. The van der Waals surface area contributed by atoms with Crippen molar-refractivity contribution in [2.24, 2.45) is 0 Å². The van der Waals surface area contributed by atoms with E-state index in [-0.39, 0.29) is 11.6 Å². The third-order valence-corrected chi connectivity index (χ3v) is 3.09.